The van der Waals surface area contributed by atoms with Gasteiger partial charge in [0.05, 0.1) is 37.4 Å². The van der Waals surface area contributed by atoms with Crippen molar-refractivity contribution in [3.63, 3.8) is 0 Å². The van der Waals surface area contributed by atoms with E-state index in [2.05, 4.69) is 40.7 Å². The zero-order chi connectivity index (χ0) is 41.8. The second-order valence-electron chi connectivity index (χ2n) is 20.7. The van der Waals surface area contributed by atoms with Crippen LogP contribution in [-0.4, -0.2) is 150 Å². The molecule has 0 spiro atoms. The molecule has 2 heterocycles. The van der Waals surface area contributed by atoms with Gasteiger partial charge in [0.15, 0.2) is 12.6 Å². The lowest BCUT2D eigenvalue weighted by Gasteiger charge is -2.71. The van der Waals surface area contributed by atoms with Gasteiger partial charge in [-0.25, -0.2) is 0 Å². The molecule has 57 heavy (non-hydrogen) atoms. The van der Waals surface area contributed by atoms with Crippen LogP contribution >= 0.6 is 0 Å². The molecule has 6 fully saturated rings. The minimum Gasteiger partial charge on any atom is -0.481 e. The van der Waals surface area contributed by atoms with Gasteiger partial charge in [-0.15, -0.1) is 0 Å². The molecule has 7 aliphatic rings. The maximum absolute atomic E-state index is 13.1. The first-order valence-corrected chi connectivity index (χ1v) is 21.1. The topological polar surface area (TPSA) is 256 Å². The Morgan fingerprint density at radius 3 is 1.96 bits per heavy atom. The normalized spacial score (nSPS) is 54.7. The van der Waals surface area contributed by atoms with Crippen LogP contribution in [0.4, 0.5) is 0 Å². The molecule has 20 atom stereocenters. The summed E-state index contributed by atoms with van der Waals surface area (Å²) in [5, 5.41) is 108. The van der Waals surface area contributed by atoms with E-state index in [4.69, 9.17) is 18.9 Å². The molecule has 2 aliphatic heterocycles. The van der Waals surface area contributed by atoms with E-state index in [0.29, 0.717) is 32.1 Å². The number of ether oxygens (including phenoxy) is 4. The monoisotopic (exact) mass is 812 g/mol. The highest BCUT2D eigenvalue weighted by Crippen LogP contribution is 2.76. The number of aliphatic carboxylic acids is 1. The number of aliphatic hydroxyl groups is 9. The van der Waals surface area contributed by atoms with E-state index in [9.17, 15) is 55.9 Å². The maximum atomic E-state index is 13.1. The van der Waals surface area contributed by atoms with Crippen LogP contribution in [0.2, 0.25) is 0 Å². The van der Waals surface area contributed by atoms with Gasteiger partial charge in [-0.1, -0.05) is 53.2 Å². The van der Waals surface area contributed by atoms with Crippen LogP contribution in [-0.2, 0) is 23.7 Å². The molecular weight excluding hydrogens is 744 g/mol. The fourth-order valence-electron chi connectivity index (χ4n) is 13.8. The summed E-state index contributed by atoms with van der Waals surface area (Å²) in [6, 6.07) is 0. The van der Waals surface area contributed by atoms with Crippen LogP contribution in [0, 0.1) is 50.2 Å². The van der Waals surface area contributed by atoms with E-state index in [0.717, 1.165) is 25.7 Å². The fourth-order valence-corrected chi connectivity index (χ4v) is 13.8. The Bertz CT molecular complexity index is 1540. The van der Waals surface area contributed by atoms with Crippen molar-refractivity contribution in [2.75, 3.05) is 19.8 Å². The molecule has 326 valence electrons. The van der Waals surface area contributed by atoms with E-state index in [1.165, 1.54) is 5.57 Å². The number of allylic oxidation sites excluding steroid dienone is 2. The van der Waals surface area contributed by atoms with Crippen LogP contribution in [0.25, 0.3) is 0 Å². The molecule has 4 saturated carbocycles. The molecule has 0 amide bonds. The van der Waals surface area contributed by atoms with Gasteiger partial charge in [-0.05, 0) is 97.2 Å². The number of hydrogen-bond acceptors (Lipinski definition) is 14. The lowest BCUT2D eigenvalue weighted by atomic mass is 9.33. The highest BCUT2D eigenvalue weighted by atomic mass is 16.8. The van der Waals surface area contributed by atoms with Crippen LogP contribution in [0.15, 0.2) is 11.6 Å². The number of carboxylic acids is 1. The first-order valence-electron chi connectivity index (χ1n) is 21.1. The van der Waals surface area contributed by atoms with Crippen LogP contribution in [0.5, 0.6) is 0 Å². The Morgan fingerprint density at radius 1 is 0.737 bits per heavy atom. The molecule has 0 aromatic rings. The Labute approximate surface area is 335 Å². The summed E-state index contributed by atoms with van der Waals surface area (Å²) in [4.78, 5) is 13.1. The summed E-state index contributed by atoms with van der Waals surface area (Å²) in [7, 11) is 0. The van der Waals surface area contributed by atoms with Gasteiger partial charge < -0.3 is 70.0 Å². The molecule has 10 N–H and O–H groups in total. The Morgan fingerprint density at radius 2 is 1.35 bits per heavy atom. The van der Waals surface area contributed by atoms with Gasteiger partial charge in [-0.3, -0.25) is 4.79 Å². The lowest BCUT2D eigenvalue weighted by Crippen LogP contribution is -2.70. The number of aliphatic hydroxyl groups excluding tert-OH is 9. The smallest absolute Gasteiger partial charge is 0.310 e. The molecule has 7 rings (SSSR count). The second kappa shape index (κ2) is 14.9. The predicted octanol–water partition coefficient (Wildman–Crippen LogP) is 0.825. The van der Waals surface area contributed by atoms with Crippen molar-refractivity contribution in [2.45, 2.75) is 173 Å². The van der Waals surface area contributed by atoms with Gasteiger partial charge in [0, 0.05) is 5.41 Å². The molecule has 15 nitrogen and oxygen atoms in total. The molecule has 0 unspecified atom stereocenters. The Kier molecular flexibility index (Phi) is 11.5. The van der Waals surface area contributed by atoms with Crippen molar-refractivity contribution in [3.05, 3.63) is 11.6 Å². The van der Waals surface area contributed by atoms with Gasteiger partial charge in [0.1, 0.15) is 48.8 Å². The lowest BCUT2D eigenvalue weighted by molar-refractivity contribution is -0.384. The van der Waals surface area contributed by atoms with Crippen LogP contribution in [0.3, 0.4) is 0 Å². The third-order valence-electron chi connectivity index (χ3n) is 17.4. The molecule has 0 aromatic heterocycles. The fraction of sp³-hybridized carbons (Fsp3) is 0.929. The average molecular weight is 813 g/mol. The van der Waals surface area contributed by atoms with E-state index < -0.39 is 109 Å². The second-order valence-corrected chi connectivity index (χ2v) is 20.7. The van der Waals surface area contributed by atoms with E-state index in [1.807, 2.05) is 6.92 Å². The first kappa shape index (κ1) is 43.8. The molecular formula is C42H68O15. The number of hydrogen-bond donors (Lipinski definition) is 10. The average Bonchev–Trinajstić information content (AvgIpc) is 3.15. The largest absolute Gasteiger partial charge is 0.481 e. The van der Waals surface area contributed by atoms with Gasteiger partial charge in [-0.2, -0.15) is 0 Å². The maximum Gasteiger partial charge on any atom is 0.310 e. The van der Waals surface area contributed by atoms with Crippen LogP contribution < -0.4 is 0 Å². The third kappa shape index (κ3) is 6.43. The van der Waals surface area contributed by atoms with Gasteiger partial charge in [0.25, 0.3) is 0 Å². The highest BCUT2D eigenvalue weighted by molar-refractivity contribution is 5.76. The first-order chi connectivity index (χ1) is 26.6. The Hall–Kier alpha value is -1.31. The van der Waals surface area contributed by atoms with Crippen molar-refractivity contribution in [1.29, 1.82) is 0 Å². The van der Waals surface area contributed by atoms with Crippen molar-refractivity contribution in [2.24, 2.45) is 50.2 Å². The summed E-state index contributed by atoms with van der Waals surface area (Å²) in [6.07, 6.45) is -10.0. The standard InChI is InChI=1S/C42H68O15/c1-37(2)11-13-42(36(52)53)14-12-40(5)20(21(42)15-37)7-8-26-38(3)16-22(46)33(39(4,19-45)25(38)9-10-41(26,40)6)57-35-32(30(50)28(48)24(18-44)55-35)56-34-31(51)29(49)27(47)23(17-43)54-34/h7,21-35,43-51H,8-19H2,1-6H3,(H,52,53)/t21-,22-,23+,24+,25+,26+,27+,28+,29-,30-,31+,32+,33-,34-,35-,38-,39-,40+,41+,42-/m0/s1. The predicted molar refractivity (Wildman–Crippen MR) is 201 cm³/mol. The third-order valence-corrected chi connectivity index (χ3v) is 17.4. The van der Waals surface area contributed by atoms with Crippen molar-refractivity contribution in [1.82, 2.24) is 0 Å². The summed E-state index contributed by atoms with van der Waals surface area (Å²) in [5.74, 6) is -0.836. The SMILES string of the molecule is CC1(C)CC[C@]2(C(=O)O)CC[C@]3(C)C(=CC[C@@H]4[C@@]5(C)C[C@H](O)[C@H](O[C@@H]6O[C@H](CO)[C@@H](O)[C@H](O)[C@H]6O[C@@H]6O[C@H](CO)[C@@H](O)[C@H](O)[C@H]6O)[C@@](C)(CO)[C@@H]5CC[C@]43C)[C@@H]2C1. The molecule has 5 aliphatic carbocycles. The molecule has 0 aromatic carbocycles. The Balaban J connectivity index is 1.19. The summed E-state index contributed by atoms with van der Waals surface area (Å²) < 4.78 is 24.0. The minimum absolute atomic E-state index is 0.0295. The van der Waals surface area contributed by atoms with Crippen molar-refractivity contribution < 1.29 is 74.8 Å². The minimum atomic E-state index is -1.84. The summed E-state index contributed by atoms with van der Waals surface area (Å²) in [6.45, 7) is 11.4. The number of fused-ring (bicyclic) bond motifs is 7. The molecule has 0 radical (unpaired) electrons. The van der Waals surface area contributed by atoms with E-state index >= 15 is 0 Å². The van der Waals surface area contributed by atoms with Gasteiger partial charge >= 0.3 is 5.97 Å². The van der Waals surface area contributed by atoms with E-state index in [1.54, 1.807) is 0 Å². The van der Waals surface area contributed by atoms with Crippen molar-refractivity contribution in [3.8, 4) is 0 Å². The number of carbonyl (C=O) groups is 1. The molecule has 0 bridgehead atoms. The number of carboxylic acid groups (broad SMARTS) is 1. The zero-order valence-electron chi connectivity index (χ0n) is 34.2. The summed E-state index contributed by atoms with van der Waals surface area (Å²) >= 11 is 0. The quantitative estimate of drug-likeness (QED) is 0.120. The summed E-state index contributed by atoms with van der Waals surface area (Å²) in [5.41, 5.74) is -1.53. The molecule has 15 heteroatoms. The highest BCUT2D eigenvalue weighted by Gasteiger charge is 2.71. The van der Waals surface area contributed by atoms with Gasteiger partial charge in [0.2, 0.25) is 0 Å². The van der Waals surface area contributed by atoms with Crippen molar-refractivity contribution >= 4 is 5.97 Å². The zero-order valence-corrected chi connectivity index (χ0v) is 34.2. The number of rotatable bonds is 8. The van der Waals surface area contributed by atoms with Crippen LogP contribution in [0.1, 0.15) is 99.3 Å². The molecule has 2 saturated heterocycles. The van der Waals surface area contributed by atoms with E-state index in [-0.39, 0.29) is 40.6 Å².